The maximum atomic E-state index is 13.2. The second kappa shape index (κ2) is 9.37. The number of nitrogens with zero attached hydrogens (tertiary/aromatic N) is 5. The minimum absolute atomic E-state index is 0.0260. The predicted octanol–water partition coefficient (Wildman–Crippen LogP) is 4.12. The fourth-order valence-electron chi connectivity index (χ4n) is 3.31. The molecule has 29 heavy (non-hydrogen) atoms. The highest BCUT2D eigenvalue weighted by atomic mass is 32.2. The Kier molecular flexibility index (Phi) is 6.41. The van der Waals surface area contributed by atoms with Gasteiger partial charge in [0.1, 0.15) is 6.33 Å². The molecule has 0 aliphatic heterocycles. The van der Waals surface area contributed by atoms with Crippen molar-refractivity contribution in [1.82, 2.24) is 19.7 Å². The molecule has 1 aromatic carbocycles. The molecule has 0 saturated carbocycles. The number of anilines is 1. The summed E-state index contributed by atoms with van der Waals surface area (Å²) in [5.74, 6) is 0.311. The van der Waals surface area contributed by atoms with Gasteiger partial charge in [0.15, 0.2) is 10.3 Å². The summed E-state index contributed by atoms with van der Waals surface area (Å²) < 4.78 is 1.88. The van der Waals surface area contributed by atoms with E-state index in [1.54, 1.807) is 23.7 Å². The molecule has 0 atom stereocenters. The van der Waals surface area contributed by atoms with Crippen molar-refractivity contribution in [2.24, 2.45) is 0 Å². The number of hydrogen-bond donors (Lipinski definition) is 0. The van der Waals surface area contributed by atoms with E-state index in [4.69, 9.17) is 4.98 Å². The normalized spacial score (nSPS) is 13.1. The Balaban J connectivity index is 1.54. The zero-order valence-corrected chi connectivity index (χ0v) is 17.8. The fraction of sp³-hybridized carbons (Fsp3) is 0.333. The molecular formula is C21H23N5OS2. The lowest BCUT2D eigenvalue weighted by atomic mass is 10.0. The number of rotatable bonds is 8. The van der Waals surface area contributed by atoms with Gasteiger partial charge in [0.2, 0.25) is 5.91 Å². The molecule has 3 aromatic rings. The topological polar surface area (TPSA) is 63.9 Å². The van der Waals surface area contributed by atoms with Gasteiger partial charge in [0, 0.05) is 11.4 Å². The number of fused-ring (bicyclic) bond motifs is 1. The first-order valence-corrected chi connectivity index (χ1v) is 11.5. The second-order valence-electron chi connectivity index (χ2n) is 6.88. The number of aryl methyl sites for hydroxylation is 2. The molecule has 0 radical (unpaired) electrons. The summed E-state index contributed by atoms with van der Waals surface area (Å²) in [6, 6.07) is 10.1. The molecule has 2 heterocycles. The van der Waals surface area contributed by atoms with E-state index < -0.39 is 0 Å². The SMILES string of the molecule is C=CCn1cnnc1SCC(=O)N(Cc1ccccc1)c1nc2c(s1)CCCC2. The van der Waals surface area contributed by atoms with Gasteiger partial charge in [-0.1, -0.05) is 48.2 Å². The number of amides is 1. The number of allylic oxidation sites excluding steroid dienone is 1. The van der Waals surface area contributed by atoms with Crippen LogP contribution in [-0.4, -0.2) is 31.4 Å². The van der Waals surface area contributed by atoms with Crippen LogP contribution < -0.4 is 4.90 Å². The first-order chi connectivity index (χ1) is 14.2. The minimum Gasteiger partial charge on any atom is -0.305 e. The molecule has 4 rings (SSSR count). The highest BCUT2D eigenvalue weighted by Gasteiger charge is 2.24. The lowest BCUT2D eigenvalue weighted by Gasteiger charge is -2.20. The third kappa shape index (κ3) is 4.76. The summed E-state index contributed by atoms with van der Waals surface area (Å²) in [5.41, 5.74) is 2.26. The van der Waals surface area contributed by atoms with Gasteiger partial charge < -0.3 is 4.57 Å². The van der Waals surface area contributed by atoms with Gasteiger partial charge >= 0.3 is 0 Å². The monoisotopic (exact) mass is 425 g/mol. The molecule has 0 N–H and O–H groups in total. The van der Waals surface area contributed by atoms with E-state index in [9.17, 15) is 4.79 Å². The number of benzene rings is 1. The maximum Gasteiger partial charge on any atom is 0.239 e. The van der Waals surface area contributed by atoms with Crippen LogP contribution >= 0.6 is 23.1 Å². The third-order valence-electron chi connectivity index (χ3n) is 4.78. The lowest BCUT2D eigenvalue weighted by Crippen LogP contribution is -2.32. The maximum absolute atomic E-state index is 13.2. The Morgan fingerprint density at radius 1 is 1.28 bits per heavy atom. The predicted molar refractivity (Wildman–Crippen MR) is 117 cm³/mol. The molecule has 0 fully saturated rings. The number of hydrogen-bond acceptors (Lipinski definition) is 6. The molecule has 8 heteroatoms. The second-order valence-corrected chi connectivity index (χ2v) is 8.89. The van der Waals surface area contributed by atoms with E-state index in [-0.39, 0.29) is 11.7 Å². The minimum atomic E-state index is 0.0260. The number of aromatic nitrogens is 4. The van der Waals surface area contributed by atoms with Gasteiger partial charge in [-0.3, -0.25) is 9.69 Å². The van der Waals surface area contributed by atoms with Crippen LogP contribution in [0.3, 0.4) is 0 Å². The van der Waals surface area contributed by atoms with Crippen molar-refractivity contribution in [2.45, 2.75) is 43.9 Å². The van der Waals surface area contributed by atoms with Crippen molar-refractivity contribution >= 4 is 34.1 Å². The number of carbonyl (C=O) groups is 1. The van der Waals surface area contributed by atoms with E-state index in [1.165, 1.54) is 35.2 Å². The van der Waals surface area contributed by atoms with Crippen molar-refractivity contribution in [1.29, 1.82) is 0 Å². The van der Waals surface area contributed by atoms with Crippen molar-refractivity contribution in [3.8, 4) is 0 Å². The van der Waals surface area contributed by atoms with Gasteiger partial charge in [-0.2, -0.15) is 0 Å². The van der Waals surface area contributed by atoms with E-state index in [0.29, 0.717) is 13.1 Å². The molecule has 1 aliphatic rings. The molecule has 150 valence electrons. The summed E-state index contributed by atoms with van der Waals surface area (Å²) >= 11 is 3.06. The summed E-state index contributed by atoms with van der Waals surface area (Å²) in [6.45, 7) is 4.89. The molecule has 1 amide bonds. The van der Waals surface area contributed by atoms with Gasteiger partial charge in [0.25, 0.3) is 0 Å². The average molecular weight is 426 g/mol. The molecule has 1 aliphatic carbocycles. The van der Waals surface area contributed by atoms with Crippen LogP contribution in [0.15, 0.2) is 54.5 Å². The molecular weight excluding hydrogens is 402 g/mol. The lowest BCUT2D eigenvalue weighted by molar-refractivity contribution is -0.116. The van der Waals surface area contributed by atoms with E-state index in [0.717, 1.165) is 28.7 Å². The fourth-order valence-corrected chi connectivity index (χ4v) is 5.27. The molecule has 0 saturated heterocycles. The smallest absolute Gasteiger partial charge is 0.239 e. The quantitative estimate of drug-likeness (QED) is 0.401. The highest BCUT2D eigenvalue weighted by molar-refractivity contribution is 7.99. The number of carbonyl (C=O) groups excluding carboxylic acids is 1. The van der Waals surface area contributed by atoms with Crippen LogP contribution in [-0.2, 0) is 30.7 Å². The molecule has 6 nitrogen and oxygen atoms in total. The van der Waals surface area contributed by atoms with Crippen molar-refractivity contribution < 1.29 is 4.79 Å². The standard InChI is InChI=1S/C21H23N5OS2/c1-2-12-25-15-22-24-21(25)28-14-19(27)26(13-16-8-4-3-5-9-16)20-23-17-10-6-7-11-18(17)29-20/h2-5,8-9,15H,1,6-7,10-14H2. The van der Waals surface area contributed by atoms with Gasteiger partial charge in [-0.05, 0) is 31.2 Å². The molecule has 2 aromatic heterocycles. The van der Waals surface area contributed by atoms with Crippen LogP contribution in [0, 0.1) is 0 Å². The first kappa shape index (κ1) is 19.8. The van der Waals surface area contributed by atoms with Crippen LogP contribution in [0.5, 0.6) is 0 Å². The summed E-state index contributed by atoms with van der Waals surface area (Å²) in [7, 11) is 0. The van der Waals surface area contributed by atoms with Gasteiger partial charge in [0.05, 0.1) is 18.0 Å². The zero-order valence-electron chi connectivity index (χ0n) is 16.2. The van der Waals surface area contributed by atoms with E-state index >= 15 is 0 Å². The Hall–Kier alpha value is -2.45. The molecule has 0 unspecified atom stereocenters. The Morgan fingerprint density at radius 2 is 2.10 bits per heavy atom. The molecule has 0 bridgehead atoms. The Morgan fingerprint density at radius 3 is 2.90 bits per heavy atom. The third-order valence-corrected chi connectivity index (χ3v) is 6.93. The van der Waals surface area contributed by atoms with Crippen molar-refractivity contribution in [3.05, 3.63) is 65.4 Å². The Labute approximate surface area is 178 Å². The first-order valence-electron chi connectivity index (χ1n) is 9.69. The molecule has 0 spiro atoms. The highest BCUT2D eigenvalue weighted by Crippen LogP contribution is 2.33. The van der Waals surface area contributed by atoms with Crippen LogP contribution in [0.25, 0.3) is 0 Å². The van der Waals surface area contributed by atoms with Gasteiger partial charge in [-0.25, -0.2) is 4.98 Å². The summed E-state index contributed by atoms with van der Waals surface area (Å²) in [5, 5.41) is 9.59. The largest absolute Gasteiger partial charge is 0.305 e. The Bertz CT molecular complexity index is 959. The summed E-state index contributed by atoms with van der Waals surface area (Å²) in [6.07, 6.45) is 7.91. The van der Waals surface area contributed by atoms with E-state index in [1.807, 2.05) is 39.8 Å². The average Bonchev–Trinajstić information content (AvgIpc) is 3.38. The van der Waals surface area contributed by atoms with Crippen molar-refractivity contribution in [3.63, 3.8) is 0 Å². The number of thioether (sulfide) groups is 1. The van der Waals surface area contributed by atoms with Gasteiger partial charge in [-0.15, -0.1) is 28.1 Å². The van der Waals surface area contributed by atoms with Crippen LogP contribution in [0.1, 0.15) is 29.0 Å². The van der Waals surface area contributed by atoms with E-state index in [2.05, 4.69) is 16.8 Å². The summed E-state index contributed by atoms with van der Waals surface area (Å²) in [4.78, 5) is 21.2. The zero-order chi connectivity index (χ0) is 20.1. The van der Waals surface area contributed by atoms with Crippen LogP contribution in [0.2, 0.25) is 0 Å². The van der Waals surface area contributed by atoms with Crippen LogP contribution in [0.4, 0.5) is 5.13 Å². The van der Waals surface area contributed by atoms with Crippen molar-refractivity contribution in [2.75, 3.05) is 10.7 Å². The number of thiazole rings is 1.